The number of aliphatic hydroxyl groups is 1. The summed E-state index contributed by atoms with van der Waals surface area (Å²) in [7, 11) is 1.27. The fraction of sp³-hybridized carbons (Fsp3) is 0.143. The van der Waals surface area contributed by atoms with Crippen LogP contribution in [-0.4, -0.2) is 12.2 Å². The molecule has 0 radical (unpaired) electrons. The van der Waals surface area contributed by atoms with Gasteiger partial charge in [0, 0.05) is 17.7 Å². The maximum absolute atomic E-state index is 13.8. The zero-order valence-corrected chi connectivity index (χ0v) is 10.0. The van der Waals surface area contributed by atoms with Gasteiger partial charge in [0.25, 0.3) is 0 Å². The third-order valence-corrected chi connectivity index (χ3v) is 2.76. The van der Waals surface area contributed by atoms with Gasteiger partial charge in [0.15, 0.2) is 0 Å². The molecule has 0 amide bonds. The predicted octanol–water partition coefficient (Wildman–Crippen LogP) is 3.19. The second-order valence-corrected chi connectivity index (χ2v) is 3.93. The second-order valence-electron chi connectivity index (χ2n) is 3.93. The van der Waals surface area contributed by atoms with Gasteiger partial charge in [-0.3, -0.25) is 0 Å². The van der Waals surface area contributed by atoms with Crippen molar-refractivity contribution in [1.29, 1.82) is 0 Å². The van der Waals surface area contributed by atoms with E-state index in [-0.39, 0.29) is 11.3 Å². The molecule has 19 heavy (non-hydrogen) atoms. The van der Waals surface area contributed by atoms with Crippen molar-refractivity contribution in [3.05, 3.63) is 65.0 Å². The monoisotopic (exact) mass is 268 g/mol. The summed E-state index contributed by atoms with van der Waals surface area (Å²) in [6.45, 7) is 0. The Hall–Kier alpha value is -2.01. The number of ether oxygens (including phenoxy) is 1. The first-order valence-corrected chi connectivity index (χ1v) is 5.50. The number of halogens is 3. The van der Waals surface area contributed by atoms with Crippen LogP contribution in [0, 0.1) is 17.5 Å². The Kier molecular flexibility index (Phi) is 3.76. The van der Waals surface area contributed by atoms with Crippen molar-refractivity contribution in [1.82, 2.24) is 0 Å². The molecular formula is C14H11F3O2. The van der Waals surface area contributed by atoms with Crippen LogP contribution in [0.15, 0.2) is 36.4 Å². The first kappa shape index (κ1) is 13.4. The van der Waals surface area contributed by atoms with Gasteiger partial charge in [-0.15, -0.1) is 0 Å². The van der Waals surface area contributed by atoms with Crippen LogP contribution in [0.5, 0.6) is 5.75 Å². The lowest BCUT2D eigenvalue weighted by atomic mass is 10.00. The summed E-state index contributed by atoms with van der Waals surface area (Å²) in [5.41, 5.74) is -0.795. The SMILES string of the molecule is COc1cc(F)c(C(O)c2ccccc2F)c(F)c1. The highest BCUT2D eigenvalue weighted by Crippen LogP contribution is 2.30. The molecule has 0 aliphatic heterocycles. The molecular weight excluding hydrogens is 257 g/mol. The standard InChI is InChI=1S/C14H11F3O2/c1-19-8-6-11(16)13(12(17)7-8)14(18)9-4-2-3-5-10(9)15/h2-7,14,18H,1H3. The molecule has 2 nitrogen and oxygen atoms in total. The average Bonchev–Trinajstić information content (AvgIpc) is 2.38. The maximum Gasteiger partial charge on any atom is 0.135 e. The van der Waals surface area contributed by atoms with E-state index in [2.05, 4.69) is 0 Å². The first-order chi connectivity index (χ1) is 9.04. The van der Waals surface area contributed by atoms with E-state index in [0.717, 1.165) is 18.2 Å². The molecule has 0 bridgehead atoms. The molecule has 1 N–H and O–H groups in total. The Balaban J connectivity index is 2.50. The van der Waals surface area contributed by atoms with E-state index in [4.69, 9.17) is 4.74 Å². The average molecular weight is 268 g/mol. The lowest BCUT2D eigenvalue weighted by Gasteiger charge is -2.15. The van der Waals surface area contributed by atoms with Crippen LogP contribution >= 0.6 is 0 Å². The summed E-state index contributed by atoms with van der Waals surface area (Å²) >= 11 is 0. The molecule has 0 fully saturated rings. The van der Waals surface area contributed by atoms with E-state index in [1.807, 2.05) is 0 Å². The molecule has 0 aliphatic carbocycles. The van der Waals surface area contributed by atoms with Crippen molar-refractivity contribution in [2.75, 3.05) is 7.11 Å². The Bertz CT molecular complexity index is 576. The zero-order chi connectivity index (χ0) is 14.0. The van der Waals surface area contributed by atoms with Crippen LogP contribution in [0.3, 0.4) is 0 Å². The predicted molar refractivity (Wildman–Crippen MR) is 63.4 cm³/mol. The first-order valence-electron chi connectivity index (χ1n) is 5.50. The van der Waals surface area contributed by atoms with Crippen molar-refractivity contribution in [2.45, 2.75) is 6.10 Å². The van der Waals surface area contributed by atoms with Crippen molar-refractivity contribution in [3.8, 4) is 5.75 Å². The van der Waals surface area contributed by atoms with Gasteiger partial charge >= 0.3 is 0 Å². The molecule has 0 heterocycles. The quantitative estimate of drug-likeness (QED) is 0.926. The van der Waals surface area contributed by atoms with Gasteiger partial charge < -0.3 is 9.84 Å². The van der Waals surface area contributed by atoms with Crippen molar-refractivity contribution < 1.29 is 23.0 Å². The lowest BCUT2D eigenvalue weighted by molar-refractivity contribution is 0.203. The number of rotatable bonds is 3. The van der Waals surface area contributed by atoms with E-state index in [1.54, 1.807) is 0 Å². The summed E-state index contributed by atoms with van der Waals surface area (Å²) in [5.74, 6) is -2.73. The Labute approximate surface area is 108 Å². The molecule has 0 aliphatic rings. The molecule has 2 aromatic carbocycles. The van der Waals surface area contributed by atoms with Crippen LogP contribution < -0.4 is 4.74 Å². The molecule has 0 saturated carbocycles. The van der Waals surface area contributed by atoms with Crippen molar-refractivity contribution in [2.24, 2.45) is 0 Å². The minimum Gasteiger partial charge on any atom is -0.497 e. The topological polar surface area (TPSA) is 29.5 Å². The Morgan fingerprint density at radius 3 is 2.11 bits per heavy atom. The maximum atomic E-state index is 13.8. The van der Waals surface area contributed by atoms with Gasteiger partial charge in [-0.05, 0) is 6.07 Å². The molecule has 0 saturated heterocycles. The van der Waals surface area contributed by atoms with Crippen LogP contribution in [0.1, 0.15) is 17.2 Å². The normalized spacial score (nSPS) is 12.3. The van der Waals surface area contributed by atoms with Gasteiger partial charge in [0.2, 0.25) is 0 Å². The highest BCUT2D eigenvalue weighted by molar-refractivity contribution is 5.37. The number of hydrogen-bond donors (Lipinski definition) is 1. The van der Waals surface area contributed by atoms with Crippen LogP contribution in [0.2, 0.25) is 0 Å². The third kappa shape index (κ3) is 2.56. The fourth-order valence-corrected chi connectivity index (χ4v) is 1.79. The Morgan fingerprint density at radius 1 is 1.00 bits per heavy atom. The van der Waals surface area contributed by atoms with Gasteiger partial charge in [-0.25, -0.2) is 13.2 Å². The highest BCUT2D eigenvalue weighted by Gasteiger charge is 2.23. The van der Waals surface area contributed by atoms with Gasteiger partial charge in [0.05, 0.1) is 12.7 Å². The molecule has 0 aromatic heterocycles. The van der Waals surface area contributed by atoms with Crippen LogP contribution in [0.4, 0.5) is 13.2 Å². The summed E-state index contributed by atoms with van der Waals surface area (Å²) in [5, 5.41) is 9.94. The molecule has 5 heteroatoms. The summed E-state index contributed by atoms with van der Waals surface area (Å²) < 4.78 is 45.7. The van der Waals surface area contributed by atoms with Crippen LogP contribution in [0.25, 0.3) is 0 Å². The van der Waals surface area contributed by atoms with Crippen LogP contribution in [-0.2, 0) is 0 Å². The molecule has 100 valence electrons. The third-order valence-electron chi connectivity index (χ3n) is 2.76. The van der Waals surface area contributed by atoms with E-state index in [0.29, 0.717) is 0 Å². The van der Waals surface area contributed by atoms with Gasteiger partial charge in [0.1, 0.15) is 29.3 Å². The van der Waals surface area contributed by atoms with E-state index >= 15 is 0 Å². The molecule has 2 aromatic rings. The highest BCUT2D eigenvalue weighted by atomic mass is 19.1. The van der Waals surface area contributed by atoms with Gasteiger partial charge in [-0.2, -0.15) is 0 Å². The van der Waals surface area contributed by atoms with Crippen molar-refractivity contribution in [3.63, 3.8) is 0 Å². The number of hydrogen-bond acceptors (Lipinski definition) is 2. The molecule has 2 rings (SSSR count). The Morgan fingerprint density at radius 2 is 1.58 bits per heavy atom. The summed E-state index contributed by atoms with van der Waals surface area (Å²) in [6.07, 6.45) is -1.72. The molecule has 0 spiro atoms. The number of aliphatic hydroxyl groups excluding tert-OH is 1. The number of benzene rings is 2. The van der Waals surface area contributed by atoms with Gasteiger partial charge in [-0.1, -0.05) is 18.2 Å². The largest absolute Gasteiger partial charge is 0.497 e. The zero-order valence-electron chi connectivity index (χ0n) is 10.0. The molecule has 1 atom stereocenters. The number of methoxy groups -OCH3 is 1. The fourth-order valence-electron chi connectivity index (χ4n) is 1.79. The lowest BCUT2D eigenvalue weighted by Crippen LogP contribution is -2.08. The minimum atomic E-state index is -1.72. The second kappa shape index (κ2) is 5.32. The summed E-state index contributed by atoms with van der Waals surface area (Å²) in [6, 6.07) is 7.14. The molecule has 1 unspecified atom stereocenters. The van der Waals surface area contributed by atoms with Crippen molar-refractivity contribution >= 4 is 0 Å². The van der Waals surface area contributed by atoms with E-state index < -0.39 is 29.1 Å². The smallest absolute Gasteiger partial charge is 0.135 e. The summed E-state index contributed by atoms with van der Waals surface area (Å²) in [4.78, 5) is 0. The van der Waals surface area contributed by atoms with E-state index in [1.165, 1.54) is 25.3 Å². The minimum absolute atomic E-state index is 0.0144. The van der Waals surface area contributed by atoms with E-state index in [9.17, 15) is 18.3 Å².